The number of nitrogens with zero attached hydrogens (tertiary/aromatic N) is 3. The number of amides is 1. The molecule has 37 heavy (non-hydrogen) atoms. The predicted octanol–water partition coefficient (Wildman–Crippen LogP) is 5.35. The lowest BCUT2D eigenvalue weighted by Crippen LogP contribution is -2.46. The van der Waals surface area contributed by atoms with E-state index in [0.29, 0.717) is 56.9 Å². The number of ether oxygens (including phenoxy) is 1. The number of hydrogen-bond acceptors (Lipinski definition) is 5. The van der Waals surface area contributed by atoms with Gasteiger partial charge in [-0.15, -0.1) is 0 Å². The first-order valence-electron chi connectivity index (χ1n) is 12.6. The van der Waals surface area contributed by atoms with E-state index in [1.165, 1.54) is 12.1 Å². The van der Waals surface area contributed by atoms with E-state index in [1.807, 2.05) is 47.4 Å². The Morgan fingerprint density at radius 3 is 2.32 bits per heavy atom. The van der Waals surface area contributed by atoms with Gasteiger partial charge in [0.05, 0.1) is 18.9 Å². The van der Waals surface area contributed by atoms with Crippen molar-refractivity contribution in [2.75, 3.05) is 20.2 Å². The quantitative estimate of drug-likeness (QED) is 0.327. The van der Waals surface area contributed by atoms with Gasteiger partial charge in [0.15, 0.2) is 5.82 Å². The number of piperidine rings is 1. The van der Waals surface area contributed by atoms with Crippen molar-refractivity contribution in [1.29, 1.82) is 0 Å². The fourth-order valence-electron chi connectivity index (χ4n) is 5.04. The maximum absolute atomic E-state index is 13.2. The number of methoxy groups -OCH3 is 1. The molecule has 2 heterocycles. The second kappa shape index (κ2) is 10.9. The Morgan fingerprint density at radius 2 is 1.65 bits per heavy atom. The second-order valence-corrected chi connectivity index (χ2v) is 9.49. The van der Waals surface area contributed by atoms with E-state index in [2.05, 4.69) is 17.3 Å². The summed E-state index contributed by atoms with van der Waals surface area (Å²) in [6.07, 6.45) is 2.95. The Labute approximate surface area is 216 Å². The molecule has 0 aliphatic carbocycles. The van der Waals surface area contributed by atoms with E-state index in [-0.39, 0.29) is 11.7 Å². The molecule has 0 N–H and O–H groups in total. The van der Waals surface area contributed by atoms with Gasteiger partial charge in [-0.1, -0.05) is 59.8 Å². The Balaban J connectivity index is 1.29. The van der Waals surface area contributed by atoms with Crippen LogP contribution in [0.15, 0.2) is 83.4 Å². The number of aryl methyl sites for hydroxylation is 1. The molecule has 1 aliphatic rings. The Hall–Kier alpha value is -4.00. The molecule has 6 nitrogen and oxygen atoms in total. The molecule has 5 rings (SSSR count). The third-order valence-electron chi connectivity index (χ3n) is 7.25. The van der Waals surface area contributed by atoms with Crippen LogP contribution in [-0.2, 0) is 23.1 Å². The number of hydrogen-bond donors (Lipinski definition) is 0. The van der Waals surface area contributed by atoms with Gasteiger partial charge in [-0.2, -0.15) is 4.98 Å². The van der Waals surface area contributed by atoms with Gasteiger partial charge in [-0.3, -0.25) is 4.79 Å². The molecular weight excluding hydrogens is 469 g/mol. The summed E-state index contributed by atoms with van der Waals surface area (Å²) in [5.74, 6) is 1.88. The zero-order valence-electron chi connectivity index (χ0n) is 20.9. The summed E-state index contributed by atoms with van der Waals surface area (Å²) in [4.78, 5) is 19.7. The molecular formula is C30H30FN3O3. The highest BCUT2D eigenvalue weighted by Gasteiger charge is 2.42. The lowest BCUT2D eigenvalue weighted by Gasteiger charge is -2.40. The average molecular weight is 500 g/mol. The molecule has 1 aromatic heterocycles. The molecule has 190 valence electrons. The van der Waals surface area contributed by atoms with Crippen molar-refractivity contribution in [1.82, 2.24) is 15.0 Å². The van der Waals surface area contributed by atoms with Crippen LogP contribution in [0.4, 0.5) is 4.39 Å². The van der Waals surface area contributed by atoms with E-state index >= 15 is 0 Å². The summed E-state index contributed by atoms with van der Waals surface area (Å²) in [7, 11) is 1.65. The molecule has 0 unspecified atom stereocenters. The standard InChI is InChI=1S/C30H30FN3O3/c1-36-26-14-9-23(10-15-26)21-27-32-29(33-37-27)30(24-5-3-2-4-6-24)17-19-34(20-18-30)28(35)16-11-22-7-12-25(31)13-8-22/h2-10,12-15H,11,16-21H2,1H3. The highest BCUT2D eigenvalue weighted by Crippen LogP contribution is 2.40. The topological polar surface area (TPSA) is 68.5 Å². The number of halogens is 1. The van der Waals surface area contributed by atoms with E-state index in [4.69, 9.17) is 14.2 Å². The van der Waals surface area contributed by atoms with Crippen LogP contribution in [0.3, 0.4) is 0 Å². The first-order valence-corrected chi connectivity index (χ1v) is 12.6. The summed E-state index contributed by atoms with van der Waals surface area (Å²) < 4.78 is 24.1. The van der Waals surface area contributed by atoms with Gasteiger partial charge in [-0.25, -0.2) is 4.39 Å². The fraction of sp³-hybridized carbons (Fsp3) is 0.300. The van der Waals surface area contributed by atoms with Crippen molar-refractivity contribution in [3.63, 3.8) is 0 Å². The van der Waals surface area contributed by atoms with Crippen molar-refractivity contribution in [3.8, 4) is 5.75 Å². The van der Waals surface area contributed by atoms with Crippen LogP contribution >= 0.6 is 0 Å². The molecule has 1 fully saturated rings. The fourth-order valence-corrected chi connectivity index (χ4v) is 5.04. The maximum atomic E-state index is 13.2. The lowest BCUT2D eigenvalue weighted by atomic mass is 9.72. The third kappa shape index (κ3) is 5.56. The van der Waals surface area contributed by atoms with Crippen LogP contribution in [0, 0.1) is 5.82 Å². The van der Waals surface area contributed by atoms with E-state index in [9.17, 15) is 9.18 Å². The third-order valence-corrected chi connectivity index (χ3v) is 7.25. The maximum Gasteiger partial charge on any atom is 0.231 e. The van der Waals surface area contributed by atoms with E-state index in [0.717, 1.165) is 22.4 Å². The van der Waals surface area contributed by atoms with Crippen molar-refractivity contribution in [2.24, 2.45) is 0 Å². The van der Waals surface area contributed by atoms with Gasteiger partial charge in [0, 0.05) is 19.5 Å². The number of likely N-dealkylation sites (tertiary alicyclic amines) is 1. The van der Waals surface area contributed by atoms with Crippen molar-refractivity contribution in [3.05, 3.63) is 113 Å². The van der Waals surface area contributed by atoms with Gasteiger partial charge >= 0.3 is 0 Å². The van der Waals surface area contributed by atoms with Gasteiger partial charge < -0.3 is 14.2 Å². The molecule has 0 atom stereocenters. The van der Waals surface area contributed by atoms with Gasteiger partial charge in [0.2, 0.25) is 11.8 Å². The number of carbonyl (C=O) groups excluding carboxylic acids is 1. The molecule has 0 radical (unpaired) electrons. The van der Waals surface area contributed by atoms with Crippen LogP contribution in [-0.4, -0.2) is 41.1 Å². The first-order chi connectivity index (χ1) is 18.1. The summed E-state index contributed by atoms with van der Waals surface area (Å²) in [6, 6.07) is 24.4. The monoisotopic (exact) mass is 499 g/mol. The molecule has 4 aromatic rings. The highest BCUT2D eigenvalue weighted by molar-refractivity contribution is 5.76. The van der Waals surface area contributed by atoms with Crippen molar-refractivity contribution < 1.29 is 18.4 Å². The van der Waals surface area contributed by atoms with Gasteiger partial charge in [-0.05, 0) is 60.2 Å². The van der Waals surface area contributed by atoms with Crippen molar-refractivity contribution >= 4 is 5.91 Å². The lowest BCUT2D eigenvalue weighted by molar-refractivity contribution is -0.132. The zero-order valence-corrected chi connectivity index (χ0v) is 20.9. The smallest absolute Gasteiger partial charge is 0.231 e. The first kappa shape index (κ1) is 24.7. The normalized spacial score (nSPS) is 14.9. The minimum absolute atomic E-state index is 0.110. The second-order valence-electron chi connectivity index (χ2n) is 9.49. The van der Waals surface area contributed by atoms with Crippen LogP contribution in [0.1, 0.15) is 47.7 Å². The Kier molecular flexibility index (Phi) is 7.30. The molecule has 3 aromatic carbocycles. The summed E-state index contributed by atoms with van der Waals surface area (Å²) in [6.45, 7) is 1.22. The van der Waals surface area contributed by atoms with Crippen LogP contribution in [0.5, 0.6) is 5.75 Å². The van der Waals surface area contributed by atoms with Gasteiger partial charge in [0.1, 0.15) is 11.6 Å². The summed E-state index contributed by atoms with van der Waals surface area (Å²) in [5, 5.41) is 4.43. The zero-order chi connectivity index (χ0) is 25.7. The largest absolute Gasteiger partial charge is 0.497 e. The van der Waals surface area contributed by atoms with Crippen LogP contribution < -0.4 is 4.74 Å². The summed E-state index contributed by atoms with van der Waals surface area (Å²) >= 11 is 0. The molecule has 0 saturated carbocycles. The number of rotatable bonds is 8. The molecule has 0 bridgehead atoms. The predicted molar refractivity (Wildman–Crippen MR) is 138 cm³/mol. The Morgan fingerprint density at radius 1 is 0.973 bits per heavy atom. The van der Waals surface area contributed by atoms with E-state index in [1.54, 1.807) is 19.2 Å². The molecule has 1 aliphatic heterocycles. The number of benzene rings is 3. The number of aromatic nitrogens is 2. The van der Waals surface area contributed by atoms with Crippen LogP contribution in [0.25, 0.3) is 0 Å². The SMILES string of the molecule is COc1ccc(Cc2nc(C3(c4ccccc4)CCN(C(=O)CCc4ccc(F)cc4)CC3)no2)cc1. The highest BCUT2D eigenvalue weighted by atomic mass is 19.1. The minimum Gasteiger partial charge on any atom is -0.497 e. The summed E-state index contributed by atoms with van der Waals surface area (Å²) in [5.41, 5.74) is 2.73. The van der Waals surface area contributed by atoms with Crippen molar-refractivity contribution in [2.45, 2.75) is 37.5 Å². The molecule has 1 saturated heterocycles. The Bertz CT molecular complexity index is 1310. The van der Waals surface area contributed by atoms with Gasteiger partial charge in [0.25, 0.3) is 0 Å². The minimum atomic E-state index is -0.420. The van der Waals surface area contributed by atoms with Crippen LogP contribution in [0.2, 0.25) is 0 Å². The van der Waals surface area contributed by atoms with E-state index < -0.39 is 5.41 Å². The average Bonchev–Trinajstić information content (AvgIpc) is 3.42. The number of carbonyl (C=O) groups is 1. The molecule has 0 spiro atoms. The molecule has 7 heteroatoms. The molecule has 1 amide bonds.